The van der Waals surface area contributed by atoms with Gasteiger partial charge in [-0.25, -0.2) is 33.7 Å². The average Bonchev–Trinajstić information content (AvgIpc) is 4.02. The number of esters is 2. The van der Waals surface area contributed by atoms with E-state index in [4.69, 9.17) is 48.6 Å². The van der Waals surface area contributed by atoms with Crippen molar-refractivity contribution in [3.05, 3.63) is 211 Å². The van der Waals surface area contributed by atoms with Crippen LogP contribution in [0.25, 0.3) is 33.9 Å². The van der Waals surface area contributed by atoms with Crippen LogP contribution < -0.4 is 22.2 Å². The number of carboxylic acid groups (broad SMARTS) is 1. The highest BCUT2D eigenvalue weighted by Crippen LogP contribution is 2.25. The summed E-state index contributed by atoms with van der Waals surface area (Å²) < 4.78 is 12.2. The largest absolute Gasteiger partial charge is 0.477 e. The van der Waals surface area contributed by atoms with Crippen LogP contribution in [0, 0.1) is 11.8 Å². The van der Waals surface area contributed by atoms with Crippen molar-refractivity contribution in [3.8, 4) is 33.9 Å². The number of nitrogens with two attached hydrogens (primary N) is 1. The number of amides is 1. The number of hydrogen-bond donors (Lipinski definition) is 8. The predicted octanol–water partition coefficient (Wildman–Crippen LogP) is 8.26. The average molecular weight is 1190 g/mol. The number of nitrogens with one attached hydrogen (secondary N) is 3. The molecule has 4 aromatic carbocycles. The van der Waals surface area contributed by atoms with Gasteiger partial charge in [-0.2, -0.15) is 0 Å². The van der Waals surface area contributed by atoms with Crippen LogP contribution in [-0.4, -0.2) is 118 Å². The molecule has 0 saturated heterocycles. The first-order valence-corrected chi connectivity index (χ1v) is 27.7. The van der Waals surface area contributed by atoms with Crippen LogP contribution >= 0.6 is 23.2 Å². The van der Waals surface area contributed by atoms with Gasteiger partial charge in [-0.05, 0) is 120 Å². The molecule has 0 spiro atoms. The molecular formula is C62H70Cl2N8O12. The highest BCUT2D eigenvalue weighted by Gasteiger charge is 2.26. The Morgan fingerprint density at radius 2 is 1.07 bits per heavy atom. The molecule has 0 aliphatic rings. The lowest BCUT2D eigenvalue weighted by Gasteiger charge is -2.21. The normalized spacial score (nSPS) is 12.2. The number of benzene rings is 4. The zero-order chi connectivity index (χ0) is 61.3. The minimum absolute atomic E-state index is 0.0221. The second kappa shape index (κ2) is 33.6. The molecule has 20 nitrogen and oxygen atoms in total. The van der Waals surface area contributed by atoms with Gasteiger partial charge < -0.3 is 41.0 Å². The molecule has 0 radical (unpaired) electrons. The van der Waals surface area contributed by atoms with Crippen molar-refractivity contribution in [2.24, 2.45) is 17.6 Å². The number of aliphatic hydroxyl groups excluding tert-OH is 3. The third-order valence-corrected chi connectivity index (χ3v) is 12.5. The number of aromatic nitrogens is 6. The molecule has 0 aliphatic carbocycles. The van der Waals surface area contributed by atoms with Gasteiger partial charge in [0.1, 0.15) is 11.4 Å². The molecular weight excluding hydrogens is 1120 g/mol. The predicted molar refractivity (Wildman–Crippen MR) is 321 cm³/mol. The molecule has 8 rings (SSSR count). The fourth-order valence-corrected chi connectivity index (χ4v) is 8.17. The van der Waals surface area contributed by atoms with Gasteiger partial charge in [0.25, 0.3) is 17.0 Å². The van der Waals surface area contributed by atoms with E-state index >= 15 is 0 Å². The summed E-state index contributed by atoms with van der Waals surface area (Å²) in [6, 6.07) is 42.2. The van der Waals surface area contributed by atoms with Gasteiger partial charge in [0.2, 0.25) is 0 Å². The van der Waals surface area contributed by atoms with Gasteiger partial charge in [0, 0.05) is 59.7 Å². The van der Waals surface area contributed by atoms with E-state index in [1.165, 1.54) is 18.5 Å². The molecule has 0 saturated carbocycles. The number of carboxylic acids is 1. The SMILES string of the molecule is CC(C)CO.CC(C)COC(=O)[C@H](O)C[C@@H](Cc1ccc(-c2cccc(Cl)c2)cc1)NC(=O)c1cc(=O)n(-c2ccccn2)[nH]1.CCOC(=O)[C@H](O)C[C@H](N)Cc1ccc(-c2cccc(Cl)c2)cc1.O=C(O)c1cc(=O)n(-c2ccccn2)[nH]1. The van der Waals surface area contributed by atoms with E-state index in [1.807, 2.05) is 125 Å². The molecule has 4 heterocycles. The number of nitrogens with zero attached hydrogens (tertiary/aromatic N) is 4. The van der Waals surface area contributed by atoms with E-state index in [0.29, 0.717) is 47.0 Å². The molecule has 0 aliphatic heterocycles. The van der Waals surface area contributed by atoms with E-state index in [-0.39, 0.29) is 49.4 Å². The maximum atomic E-state index is 13.2. The smallest absolute Gasteiger partial charge is 0.353 e. The standard InChI is InChI=1S/C30H31ClN4O5.C19H22ClNO3.C9H7N3O3.C4H10O/c1-19(2)18-40-30(39)26(36)16-24(14-20-9-11-21(12-10-20)22-6-5-7-23(31)15-22)33-29(38)25-17-28(37)35(34-25)27-8-3-4-13-32-27;1-2-24-19(23)18(22)12-17(21)10-13-6-8-14(9-7-13)15-4-3-5-16(20)11-15;13-8-5-6(9(14)15)11-12(8)7-3-1-2-4-10-7;1-4(2)3-5/h3-13,15,17,19,24,26,34,36H,14,16,18H2,1-2H3,(H,33,38);3-9,11,17-18,22H,2,10,12,21H2,1H3;1-5,11H,(H,14,15);4-5H,3H2,1-2H3/t24-,26-;17-,18-;;/m11../s1. The lowest BCUT2D eigenvalue weighted by atomic mass is 9.97. The Morgan fingerprint density at radius 1 is 0.607 bits per heavy atom. The number of pyridine rings is 2. The van der Waals surface area contributed by atoms with Crippen LogP contribution in [0.5, 0.6) is 0 Å². The van der Waals surface area contributed by atoms with E-state index in [0.717, 1.165) is 48.8 Å². The minimum atomic E-state index is -1.44. The number of hydrogen-bond acceptors (Lipinski definition) is 14. The van der Waals surface area contributed by atoms with Crippen LogP contribution in [0.2, 0.25) is 10.0 Å². The number of aliphatic hydroxyl groups is 3. The highest BCUT2D eigenvalue weighted by atomic mass is 35.5. The number of halogens is 2. The van der Waals surface area contributed by atoms with Crippen molar-refractivity contribution in [3.63, 3.8) is 0 Å². The first-order valence-electron chi connectivity index (χ1n) is 26.9. The molecule has 0 bridgehead atoms. The molecule has 9 N–H and O–H groups in total. The second-order valence-corrected chi connectivity index (χ2v) is 20.8. The summed E-state index contributed by atoms with van der Waals surface area (Å²) in [6.45, 7) is 10.2. The van der Waals surface area contributed by atoms with Gasteiger partial charge >= 0.3 is 17.9 Å². The summed E-state index contributed by atoms with van der Waals surface area (Å²) in [5, 5.41) is 46.5. The van der Waals surface area contributed by atoms with Gasteiger partial charge in [-0.1, -0.05) is 136 Å². The quantitative estimate of drug-likeness (QED) is 0.0314. The molecule has 22 heteroatoms. The summed E-state index contributed by atoms with van der Waals surface area (Å²) in [5.41, 5.74) is 11.0. The van der Waals surface area contributed by atoms with Crippen LogP contribution in [0.3, 0.4) is 0 Å². The summed E-state index contributed by atoms with van der Waals surface area (Å²) in [4.78, 5) is 79.5. The molecule has 0 fully saturated rings. The number of ether oxygens (including phenoxy) is 2. The Hall–Kier alpha value is -8.50. The molecule has 4 atom stereocenters. The third kappa shape index (κ3) is 21.7. The number of carbonyl (C=O) groups excluding carboxylic acids is 3. The Labute approximate surface area is 495 Å². The lowest BCUT2D eigenvalue weighted by Crippen LogP contribution is -2.41. The van der Waals surface area contributed by atoms with Crippen LogP contribution in [-0.2, 0) is 31.9 Å². The Kier molecular flexibility index (Phi) is 26.5. The molecule has 4 aromatic heterocycles. The fourth-order valence-electron chi connectivity index (χ4n) is 7.79. The monoisotopic (exact) mass is 1190 g/mol. The molecule has 1 amide bonds. The number of aromatic amines is 2. The summed E-state index contributed by atoms with van der Waals surface area (Å²) in [6.07, 6.45) is 1.43. The van der Waals surface area contributed by atoms with Crippen LogP contribution in [0.15, 0.2) is 168 Å². The van der Waals surface area contributed by atoms with Gasteiger partial charge in [-0.3, -0.25) is 24.6 Å². The molecule has 444 valence electrons. The van der Waals surface area contributed by atoms with Crippen molar-refractivity contribution in [1.29, 1.82) is 0 Å². The lowest BCUT2D eigenvalue weighted by molar-refractivity contribution is -0.155. The zero-order valence-corrected chi connectivity index (χ0v) is 48.6. The Bertz CT molecular complexity index is 3460. The Morgan fingerprint density at radius 3 is 1.50 bits per heavy atom. The van der Waals surface area contributed by atoms with E-state index in [1.54, 1.807) is 43.3 Å². The maximum absolute atomic E-state index is 13.2. The van der Waals surface area contributed by atoms with Crippen LogP contribution in [0.1, 0.15) is 79.6 Å². The maximum Gasteiger partial charge on any atom is 0.353 e. The minimum Gasteiger partial charge on any atom is -0.477 e. The van der Waals surface area contributed by atoms with Gasteiger partial charge in [0.05, 0.1) is 13.2 Å². The van der Waals surface area contributed by atoms with Crippen molar-refractivity contribution in [2.75, 3.05) is 19.8 Å². The van der Waals surface area contributed by atoms with E-state index in [2.05, 4.69) is 25.5 Å². The number of aromatic carboxylic acids is 1. The van der Waals surface area contributed by atoms with Crippen molar-refractivity contribution in [2.45, 2.75) is 84.6 Å². The van der Waals surface area contributed by atoms with E-state index < -0.39 is 53.2 Å². The number of rotatable bonds is 21. The second-order valence-electron chi connectivity index (χ2n) is 20.0. The van der Waals surface area contributed by atoms with Crippen molar-refractivity contribution < 1.29 is 49.1 Å². The number of H-pyrrole nitrogens is 2. The topological polar surface area (TPSA) is 307 Å². The molecule has 84 heavy (non-hydrogen) atoms. The summed E-state index contributed by atoms with van der Waals surface area (Å²) in [7, 11) is 0. The van der Waals surface area contributed by atoms with Crippen LogP contribution in [0.4, 0.5) is 0 Å². The van der Waals surface area contributed by atoms with E-state index in [9.17, 15) is 39.0 Å². The van der Waals surface area contributed by atoms with Gasteiger partial charge in [0.15, 0.2) is 23.8 Å². The molecule has 0 unspecified atom stereocenters. The molecule has 8 aromatic rings. The number of carbonyl (C=O) groups is 4. The Balaban J connectivity index is 0.000000246. The van der Waals surface area contributed by atoms with Crippen molar-refractivity contribution >= 4 is 47.0 Å². The van der Waals surface area contributed by atoms with Crippen molar-refractivity contribution in [1.82, 2.24) is 34.8 Å². The summed E-state index contributed by atoms with van der Waals surface area (Å²) >= 11 is 12.1. The zero-order valence-electron chi connectivity index (χ0n) is 47.1. The first-order chi connectivity index (χ1) is 40.1. The van der Waals surface area contributed by atoms with Gasteiger partial charge in [-0.15, -0.1) is 0 Å². The first kappa shape index (κ1) is 66.3. The third-order valence-electron chi connectivity index (χ3n) is 12.0. The fraction of sp³-hybridized carbons (Fsp3) is 0.290. The highest BCUT2D eigenvalue weighted by molar-refractivity contribution is 6.31. The summed E-state index contributed by atoms with van der Waals surface area (Å²) in [5.74, 6) is -1.86.